The van der Waals surface area contributed by atoms with E-state index in [1.165, 1.54) is 4.90 Å². The highest BCUT2D eigenvalue weighted by molar-refractivity contribution is 6.01. The van der Waals surface area contributed by atoms with E-state index in [0.717, 1.165) is 30.5 Å². The standard InChI is InChI=1S/C20H27N3O4/c1-5-6-7-11-23-12-14-16(19(23)24)17(21-20(25)22(14)2)13-9-8-10-15(26-3)18(13)27-4/h8-10,17H,5-7,11-12H2,1-4H3,(H,21,25)/t17-/m1/s1. The molecule has 3 amide bonds. The average Bonchev–Trinajstić information content (AvgIpc) is 3.01. The Morgan fingerprint density at radius 2 is 1.96 bits per heavy atom. The van der Waals surface area contributed by atoms with Crippen LogP contribution in [-0.2, 0) is 4.79 Å². The molecule has 7 nitrogen and oxygen atoms in total. The number of hydrogen-bond donors (Lipinski definition) is 1. The number of benzene rings is 1. The van der Waals surface area contributed by atoms with Gasteiger partial charge in [-0.1, -0.05) is 31.9 Å². The molecular formula is C20H27N3O4. The summed E-state index contributed by atoms with van der Waals surface area (Å²) in [5, 5.41) is 2.94. The second kappa shape index (κ2) is 7.90. The van der Waals surface area contributed by atoms with Crippen molar-refractivity contribution in [3.05, 3.63) is 35.0 Å². The van der Waals surface area contributed by atoms with E-state index >= 15 is 0 Å². The van der Waals surface area contributed by atoms with Crippen LogP contribution in [0.3, 0.4) is 0 Å². The average molecular weight is 373 g/mol. The van der Waals surface area contributed by atoms with Gasteiger partial charge in [0.05, 0.1) is 38.1 Å². The van der Waals surface area contributed by atoms with E-state index in [1.54, 1.807) is 27.3 Å². The molecule has 27 heavy (non-hydrogen) atoms. The number of likely N-dealkylation sites (N-methyl/N-ethyl adjacent to an activating group) is 1. The van der Waals surface area contributed by atoms with Crippen LogP contribution >= 0.6 is 0 Å². The van der Waals surface area contributed by atoms with E-state index in [1.807, 2.05) is 17.0 Å². The summed E-state index contributed by atoms with van der Waals surface area (Å²) >= 11 is 0. The van der Waals surface area contributed by atoms with Crippen molar-refractivity contribution < 1.29 is 19.1 Å². The molecule has 146 valence electrons. The van der Waals surface area contributed by atoms with E-state index in [4.69, 9.17) is 9.47 Å². The molecule has 2 aliphatic heterocycles. The third-order valence-electron chi connectivity index (χ3n) is 5.21. The third-order valence-corrected chi connectivity index (χ3v) is 5.21. The molecule has 0 saturated carbocycles. The summed E-state index contributed by atoms with van der Waals surface area (Å²) in [6.07, 6.45) is 3.13. The Balaban J connectivity index is 2.00. The minimum Gasteiger partial charge on any atom is -0.493 e. The lowest BCUT2D eigenvalue weighted by atomic mass is 9.94. The van der Waals surface area contributed by atoms with Crippen LogP contribution in [0.4, 0.5) is 4.79 Å². The lowest BCUT2D eigenvalue weighted by Crippen LogP contribution is -2.45. The molecule has 1 aromatic carbocycles. The highest BCUT2D eigenvalue weighted by atomic mass is 16.5. The van der Waals surface area contributed by atoms with Crippen molar-refractivity contribution in [2.45, 2.75) is 32.2 Å². The number of rotatable bonds is 7. The minimum atomic E-state index is -0.558. The Hall–Kier alpha value is -2.70. The number of methoxy groups -OCH3 is 2. The van der Waals surface area contributed by atoms with Crippen LogP contribution in [0.1, 0.15) is 37.8 Å². The molecule has 0 spiro atoms. The van der Waals surface area contributed by atoms with Crippen LogP contribution in [0.2, 0.25) is 0 Å². The number of urea groups is 1. The number of nitrogens with one attached hydrogen (secondary N) is 1. The van der Waals surface area contributed by atoms with Gasteiger partial charge in [0.25, 0.3) is 5.91 Å². The summed E-state index contributed by atoms with van der Waals surface area (Å²) < 4.78 is 10.9. The molecule has 0 fully saturated rings. The molecule has 0 unspecified atom stereocenters. The highest BCUT2D eigenvalue weighted by Crippen LogP contribution is 2.42. The molecule has 0 aromatic heterocycles. The predicted molar refractivity (Wildman–Crippen MR) is 102 cm³/mol. The maximum atomic E-state index is 13.1. The van der Waals surface area contributed by atoms with Gasteiger partial charge in [0.1, 0.15) is 0 Å². The first-order chi connectivity index (χ1) is 13.0. The molecule has 1 atom stereocenters. The van der Waals surface area contributed by atoms with Crippen LogP contribution in [0, 0.1) is 0 Å². The molecule has 1 N–H and O–H groups in total. The molecule has 0 bridgehead atoms. The lowest BCUT2D eigenvalue weighted by Gasteiger charge is -2.31. The number of carbonyl (C=O) groups is 2. The van der Waals surface area contributed by atoms with Crippen LogP contribution in [0.5, 0.6) is 11.5 Å². The fraction of sp³-hybridized carbons (Fsp3) is 0.500. The third kappa shape index (κ3) is 3.34. The van der Waals surface area contributed by atoms with E-state index in [2.05, 4.69) is 12.2 Å². The molecule has 2 heterocycles. The van der Waals surface area contributed by atoms with E-state index in [-0.39, 0.29) is 11.9 Å². The Bertz CT molecular complexity index is 774. The van der Waals surface area contributed by atoms with Crippen molar-refractivity contribution in [3.63, 3.8) is 0 Å². The second-order valence-electron chi connectivity index (χ2n) is 6.82. The van der Waals surface area contributed by atoms with E-state index in [0.29, 0.717) is 30.2 Å². The Morgan fingerprint density at radius 3 is 2.63 bits per heavy atom. The van der Waals surface area contributed by atoms with Crippen molar-refractivity contribution in [2.75, 3.05) is 34.4 Å². The van der Waals surface area contributed by atoms with Crippen molar-refractivity contribution in [2.24, 2.45) is 0 Å². The summed E-state index contributed by atoms with van der Waals surface area (Å²) in [5.41, 5.74) is 2.09. The first-order valence-electron chi connectivity index (χ1n) is 9.30. The SMILES string of the molecule is CCCCCN1CC2=C(C1=O)[C@@H](c1cccc(OC)c1OC)NC(=O)N2C. The van der Waals surface area contributed by atoms with Crippen molar-refractivity contribution >= 4 is 11.9 Å². The summed E-state index contributed by atoms with van der Waals surface area (Å²) in [7, 11) is 4.82. The van der Waals surface area contributed by atoms with Crippen molar-refractivity contribution in [3.8, 4) is 11.5 Å². The number of carbonyl (C=O) groups excluding carboxylic acids is 2. The molecular weight excluding hydrogens is 346 g/mol. The van der Waals surface area contributed by atoms with Gasteiger partial charge >= 0.3 is 6.03 Å². The van der Waals surface area contributed by atoms with E-state index < -0.39 is 6.04 Å². The van der Waals surface area contributed by atoms with Gasteiger partial charge < -0.3 is 19.7 Å². The summed E-state index contributed by atoms with van der Waals surface area (Å²) in [6.45, 7) is 3.30. The zero-order valence-electron chi connectivity index (χ0n) is 16.4. The fourth-order valence-electron chi connectivity index (χ4n) is 3.73. The molecule has 0 radical (unpaired) electrons. The van der Waals surface area contributed by atoms with Gasteiger partial charge in [-0.3, -0.25) is 9.69 Å². The van der Waals surface area contributed by atoms with E-state index in [9.17, 15) is 9.59 Å². The van der Waals surface area contributed by atoms with Gasteiger partial charge in [-0.25, -0.2) is 4.79 Å². The summed E-state index contributed by atoms with van der Waals surface area (Å²) in [4.78, 5) is 29.0. The number of unbranched alkanes of at least 4 members (excludes halogenated alkanes) is 2. The van der Waals surface area contributed by atoms with Gasteiger partial charge in [-0.2, -0.15) is 0 Å². The molecule has 2 aliphatic rings. The zero-order valence-corrected chi connectivity index (χ0v) is 16.4. The largest absolute Gasteiger partial charge is 0.493 e. The number of amides is 3. The predicted octanol–water partition coefficient (Wildman–Crippen LogP) is 2.69. The normalized spacial score (nSPS) is 19.3. The topological polar surface area (TPSA) is 71.1 Å². The maximum Gasteiger partial charge on any atom is 0.322 e. The first-order valence-corrected chi connectivity index (χ1v) is 9.30. The molecule has 0 aliphatic carbocycles. The van der Waals surface area contributed by atoms with Crippen LogP contribution < -0.4 is 14.8 Å². The number of nitrogens with zero attached hydrogens (tertiary/aromatic N) is 2. The maximum absolute atomic E-state index is 13.1. The molecule has 3 rings (SSSR count). The first kappa shape index (κ1) is 19.1. The zero-order chi connectivity index (χ0) is 19.6. The summed E-state index contributed by atoms with van der Waals surface area (Å²) in [6, 6.07) is 4.70. The van der Waals surface area contributed by atoms with Gasteiger partial charge in [-0.05, 0) is 12.5 Å². The lowest BCUT2D eigenvalue weighted by molar-refractivity contribution is -0.125. The number of para-hydroxylation sites is 1. The van der Waals surface area contributed by atoms with Crippen molar-refractivity contribution in [1.82, 2.24) is 15.1 Å². The van der Waals surface area contributed by atoms with Gasteiger partial charge in [0, 0.05) is 19.2 Å². The quantitative estimate of drug-likeness (QED) is 0.746. The number of hydrogen-bond acceptors (Lipinski definition) is 4. The highest BCUT2D eigenvalue weighted by Gasteiger charge is 2.43. The molecule has 7 heteroatoms. The van der Waals surface area contributed by atoms with Gasteiger partial charge in [0.2, 0.25) is 0 Å². The monoisotopic (exact) mass is 373 g/mol. The summed E-state index contributed by atoms with van der Waals surface area (Å²) in [5.74, 6) is 1.07. The minimum absolute atomic E-state index is 0.0252. The smallest absolute Gasteiger partial charge is 0.322 e. The Kier molecular flexibility index (Phi) is 5.58. The van der Waals surface area contributed by atoms with Gasteiger partial charge in [-0.15, -0.1) is 0 Å². The van der Waals surface area contributed by atoms with Gasteiger partial charge in [0.15, 0.2) is 11.5 Å². The Labute approximate surface area is 159 Å². The molecule has 1 aromatic rings. The van der Waals surface area contributed by atoms with Crippen LogP contribution in [-0.4, -0.2) is 56.1 Å². The molecule has 0 saturated heterocycles. The number of ether oxygens (including phenoxy) is 2. The van der Waals surface area contributed by atoms with Crippen LogP contribution in [0.15, 0.2) is 29.5 Å². The fourth-order valence-corrected chi connectivity index (χ4v) is 3.73. The second-order valence-corrected chi connectivity index (χ2v) is 6.82. The van der Waals surface area contributed by atoms with Crippen LogP contribution in [0.25, 0.3) is 0 Å². The van der Waals surface area contributed by atoms with Crippen molar-refractivity contribution in [1.29, 1.82) is 0 Å². The Morgan fingerprint density at radius 1 is 1.19 bits per heavy atom.